The number of amides is 1. The maximum Gasteiger partial charge on any atom is 0.406 e. The minimum Gasteiger partial charge on any atom is -0.382 e. The summed E-state index contributed by atoms with van der Waals surface area (Å²) in [5, 5.41) is 3.03. The fourth-order valence-electron chi connectivity index (χ4n) is 2.50. The number of hydrogen-bond acceptors (Lipinski definition) is 3. The predicted molar refractivity (Wildman–Crippen MR) is 73.9 cm³/mol. The molecule has 7 heteroatoms. The van der Waals surface area contributed by atoms with Gasteiger partial charge in [0.1, 0.15) is 6.54 Å². The lowest BCUT2D eigenvalue weighted by Gasteiger charge is -2.32. The number of piperidine rings is 1. The quantitative estimate of drug-likeness (QED) is 0.733. The Morgan fingerprint density at radius 3 is 2.71 bits per heavy atom. The number of hydrogen-bond donors (Lipinski definition) is 1. The van der Waals surface area contributed by atoms with Crippen molar-refractivity contribution in [2.75, 3.05) is 32.8 Å². The first-order chi connectivity index (χ1) is 9.83. The standard InChI is InChI=1S/C14H25F3N2O2/c1-3-21-8-4-7-19(10-14(15,16)17)13(20)12-9-11(2)5-6-18-12/h11-12,18H,3-10H2,1-2H3. The smallest absolute Gasteiger partial charge is 0.382 e. The molecule has 1 aliphatic rings. The summed E-state index contributed by atoms with van der Waals surface area (Å²) in [5.74, 6) is -0.0910. The molecular formula is C14H25F3N2O2. The van der Waals surface area contributed by atoms with E-state index >= 15 is 0 Å². The highest BCUT2D eigenvalue weighted by Crippen LogP contribution is 2.20. The molecule has 1 heterocycles. The lowest BCUT2D eigenvalue weighted by molar-refractivity contribution is -0.163. The molecule has 1 amide bonds. The Labute approximate surface area is 124 Å². The van der Waals surface area contributed by atoms with Gasteiger partial charge in [-0.25, -0.2) is 0 Å². The van der Waals surface area contributed by atoms with E-state index in [1.54, 1.807) is 0 Å². The summed E-state index contributed by atoms with van der Waals surface area (Å²) in [6.07, 6.45) is -2.41. The summed E-state index contributed by atoms with van der Waals surface area (Å²) in [6, 6.07) is -0.497. The second-order valence-corrected chi connectivity index (χ2v) is 5.56. The lowest BCUT2D eigenvalue weighted by atomic mass is 9.93. The summed E-state index contributed by atoms with van der Waals surface area (Å²) in [7, 11) is 0. The first-order valence-electron chi connectivity index (χ1n) is 7.50. The van der Waals surface area contributed by atoms with Crippen LogP contribution in [0.15, 0.2) is 0 Å². The van der Waals surface area contributed by atoms with Crippen molar-refractivity contribution in [2.24, 2.45) is 5.92 Å². The number of nitrogens with one attached hydrogen (secondary N) is 1. The molecule has 1 fully saturated rings. The van der Waals surface area contributed by atoms with E-state index in [0.29, 0.717) is 38.5 Å². The van der Waals surface area contributed by atoms with E-state index in [-0.39, 0.29) is 6.54 Å². The number of carbonyl (C=O) groups excluding carboxylic acids is 1. The highest BCUT2D eigenvalue weighted by atomic mass is 19.4. The van der Waals surface area contributed by atoms with Gasteiger partial charge in [-0.3, -0.25) is 4.79 Å². The second-order valence-electron chi connectivity index (χ2n) is 5.56. The predicted octanol–water partition coefficient (Wildman–Crippen LogP) is 2.19. The van der Waals surface area contributed by atoms with Crippen LogP contribution >= 0.6 is 0 Å². The van der Waals surface area contributed by atoms with Crippen LogP contribution in [0.2, 0.25) is 0 Å². The molecule has 0 radical (unpaired) electrons. The molecule has 0 aliphatic carbocycles. The van der Waals surface area contributed by atoms with Crippen LogP contribution in [0, 0.1) is 5.92 Å². The van der Waals surface area contributed by atoms with Crippen molar-refractivity contribution in [3.05, 3.63) is 0 Å². The third-order valence-corrected chi connectivity index (χ3v) is 3.57. The Morgan fingerprint density at radius 1 is 1.43 bits per heavy atom. The number of alkyl halides is 3. The van der Waals surface area contributed by atoms with Crippen LogP contribution in [0.5, 0.6) is 0 Å². The van der Waals surface area contributed by atoms with Gasteiger partial charge < -0.3 is 15.0 Å². The second kappa shape index (κ2) is 8.58. The van der Waals surface area contributed by atoms with Gasteiger partial charge >= 0.3 is 6.18 Å². The average molecular weight is 310 g/mol. The topological polar surface area (TPSA) is 41.6 Å². The van der Waals surface area contributed by atoms with Crippen LogP contribution < -0.4 is 5.32 Å². The van der Waals surface area contributed by atoms with E-state index in [1.807, 2.05) is 13.8 Å². The minimum atomic E-state index is -4.37. The third-order valence-electron chi connectivity index (χ3n) is 3.57. The summed E-state index contributed by atoms with van der Waals surface area (Å²) >= 11 is 0. The number of rotatable bonds is 7. The number of halogens is 3. The monoisotopic (exact) mass is 310 g/mol. The molecule has 1 N–H and O–H groups in total. The molecule has 1 aliphatic heterocycles. The van der Waals surface area contributed by atoms with Crippen molar-refractivity contribution in [1.82, 2.24) is 10.2 Å². The van der Waals surface area contributed by atoms with Crippen LogP contribution in [-0.2, 0) is 9.53 Å². The largest absolute Gasteiger partial charge is 0.406 e. The fraction of sp³-hybridized carbons (Fsp3) is 0.929. The molecule has 0 aromatic rings. The van der Waals surface area contributed by atoms with Crippen LogP contribution in [-0.4, -0.2) is 55.9 Å². The molecule has 4 nitrogen and oxygen atoms in total. The van der Waals surface area contributed by atoms with Crippen molar-refractivity contribution in [3.8, 4) is 0 Å². The lowest BCUT2D eigenvalue weighted by Crippen LogP contribution is -2.52. The number of ether oxygens (including phenoxy) is 1. The van der Waals surface area contributed by atoms with E-state index in [2.05, 4.69) is 5.32 Å². The van der Waals surface area contributed by atoms with Gasteiger partial charge in [-0.15, -0.1) is 0 Å². The average Bonchev–Trinajstić information content (AvgIpc) is 2.40. The van der Waals surface area contributed by atoms with E-state index in [4.69, 9.17) is 4.74 Å². The molecule has 0 aromatic carbocycles. The first kappa shape index (κ1) is 18.2. The Kier molecular flexibility index (Phi) is 7.45. The molecule has 124 valence electrons. The molecule has 0 saturated carbocycles. The molecule has 21 heavy (non-hydrogen) atoms. The zero-order chi connectivity index (χ0) is 15.9. The Morgan fingerprint density at radius 2 is 2.14 bits per heavy atom. The Hall–Kier alpha value is -0.820. The van der Waals surface area contributed by atoms with Gasteiger partial charge in [0.05, 0.1) is 6.04 Å². The SMILES string of the molecule is CCOCCCN(CC(F)(F)F)C(=O)C1CC(C)CCN1. The Bertz CT molecular complexity index is 324. The zero-order valence-corrected chi connectivity index (χ0v) is 12.7. The van der Waals surface area contributed by atoms with E-state index < -0.39 is 24.7 Å². The summed E-state index contributed by atoms with van der Waals surface area (Å²) < 4.78 is 43.0. The molecule has 1 saturated heterocycles. The van der Waals surface area contributed by atoms with E-state index in [0.717, 1.165) is 11.3 Å². The number of nitrogens with zero attached hydrogens (tertiary/aromatic N) is 1. The summed E-state index contributed by atoms with van der Waals surface area (Å²) in [6.45, 7) is 4.30. The van der Waals surface area contributed by atoms with Crippen molar-refractivity contribution in [1.29, 1.82) is 0 Å². The molecular weight excluding hydrogens is 285 g/mol. The normalized spacial score (nSPS) is 23.1. The maximum atomic E-state index is 12.6. The highest BCUT2D eigenvalue weighted by molar-refractivity contribution is 5.82. The van der Waals surface area contributed by atoms with Crippen LogP contribution in [0.1, 0.15) is 33.1 Å². The molecule has 0 bridgehead atoms. The molecule has 0 aromatic heterocycles. The zero-order valence-electron chi connectivity index (χ0n) is 12.7. The van der Waals surface area contributed by atoms with E-state index in [1.165, 1.54) is 0 Å². The van der Waals surface area contributed by atoms with Crippen LogP contribution in [0.25, 0.3) is 0 Å². The van der Waals surface area contributed by atoms with Gasteiger partial charge in [-0.2, -0.15) is 13.2 Å². The molecule has 1 rings (SSSR count). The van der Waals surface area contributed by atoms with Gasteiger partial charge in [0.15, 0.2) is 0 Å². The first-order valence-corrected chi connectivity index (χ1v) is 7.50. The maximum absolute atomic E-state index is 12.6. The summed E-state index contributed by atoms with van der Waals surface area (Å²) in [4.78, 5) is 13.2. The van der Waals surface area contributed by atoms with Gasteiger partial charge in [-0.05, 0) is 38.6 Å². The van der Waals surface area contributed by atoms with Crippen molar-refractivity contribution in [3.63, 3.8) is 0 Å². The third kappa shape index (κ3) is 7.13. The van der Waals surface area contributed by atoms with Gasteiger partial charge in [0.25, 0.3) is 0 Å². The fourth-order valence-corrected chi connectivity index (χ4v) is 2.50. The van der Waals surface area contributed by atoms with E-state index in [9.17, 15) is 18.0 Å². The molecule has 2 atom stereocenters. The highest BCUT2D eigenvalue weighted by Gasteiger charge is 2.36. The number of carbonyl (C=O) groups is 1. The van der Waals surface area contributed by atoms with Crippen LogP contribution in [0.3, 0.4) is 0 Å². The van der Waals surface area contributed by atoms with Gasteiger partial charge in [-0.1, -0.05) is 6.92 Å². The molecule has 2 unspecified atom stereocenters. The van der Waals surface area contributed by atoms with Crippen LogP contribution in [0.4, 0.5) is 13.2 Å². The van der Waals surface area contributed by atoms with Crippen molar-refractivity contribution in [2.45, 2.75) is 45.3 Å². The summed E-state index contributed by atoms with van der Waals surface area (Å²) in [5.41, 5.74) is 0. The van der Waals surface area contributed by atoms with Crippen molar-refractivity contribution < 1.29 is 22.7 Å². The van der Waals surface area contributed by atoms with Gasteiger partial charge in [0, 0.05) is 19.8 Å². The Balaban J connectivity index is 2.58. The minimum absolute atomic E-state index is 0.0743. The van der Waals surface area contributed by atoms with Crippen molar-refractivity contribution >= 4 is 5.91 Å². The molecule has 0 spiro atoms. The van der Waals surface area contributed by atoms with Gasteiger partial charge in [0.2, 0.25) is 5.91 Å².